The van der Waals surface area contributed by atoms with Crippen LogP contribution in [0.5, 0.6) is 0 Å². The molecule has 0 bridgehead atoms. The highest BCUT2D eigenvalue weighted by Gasteiger charge is 2.17. The van der Waals surface area contributed by atoms with Crippen molar-refractivity contribution in [2.24, 2.45) is 0 Å². The molecule has 0 spiro atoms. The molecule has 4 aromatic rings. The van der Waals surface area contributed by atoms with Crippen molar-refractivity contribution in [2.75, 3.05) is 27.2 Å². The zero-order valence-corrected chi connectivity index (χ0v) is 18.5. The van der Waals surface area contributed by atoms with Crippen LogP contribution in [-0.2, 0) is 0 Å². The maximum atomic E-state index is 14.3. The van der Waals surface area contributed by atoms with Gasteiger partial charge in [-0.1, -0.05) is 18.2 Å². The number of imidazole rings is 1. The van der Waals surface area contributed by atoms with Crippen LogP contribution >= 0.6 is 0 Å². The van der Waals surface area contributed by atoms with Crippen molar-refractivity contribution < 1.29 is 9.18 Å². The standard InChI is InChI=1S/C25H26FN5O/c1-17-7-8-18(12-22(17)26)20-13-24-29-15-23(25(32)28-10-5-11-30(2)3)31(24)16-21(20)19-6-4-9-27-14-19/h4,6-9,12-16H,5,10-11H2,1-3H3,(H,28,32). The van der Waals surface area contributed by atoms with Gasteiger partial charge in [0, 0.05) is 36.3 Å². The fourth-order valence-corrected chi connectivity index (χ4v) is 3.63. The van der Waals surface area contributed by atoms with Gasteiger partial charge in [0.1, 0.15) is 17.2 Å². The van der Waals surface area contributed by atoms with E-state index in [1.807, 2.05) is 44.6 Å². The molecule has 0 saturated carbocycles. The van der Waals surface area contributed by atoms with Crippen molar-refractivity contribution in [2.45, 2.75) is 13.3 Å². The van der Waals surface area contributed by atoms with Crippen LogP contribution in [0.25, 0.3) is 27.9 Å². The summed E-state index contributed by atoms with van der Waals surface area (Å²) in [6, 6.07) is 10.9. The Balaban J connectivity index is 1.77. The molecule has 3 heterocycles. The molecule has 0 unspecified atom stereocenters. The van der Waals surface area contributed by atoms with E-state index in [9.17, 15) is 9.18 Å². The minimum absolute atomic E-state index is 0.178. The number of nitrogens with one attached hydrogen (secondary N) is 1. The number of pyridine rings is 2. The Hall–Kier alpha value is -3.58. The van der Waals surface area contributed by atoms with Crippen molar-refractivity contribution in [3.63, 3.8) is 0 Å². The number of carbonyl (C=O) groups excluding carboxylic acids is 1. The van der Waals surface area contributed by atoms with Gasteiger partial charge < -0.3 is 10.2 Å². The van der Waals surface area contributed by atoms with Crippen LogP contribution in [0.15, 0.2) is 61.2 Å². The summed E-state index contributed by atoms with van der Waals surface area (Å²) in [4.78, 5) is 23.6. The quantitative estimate of drug-likeness (QED) is 0.446. The molecule has 1 aromatic carbocycles. The van der Waals surface area contributed by atoms with E-state index >= 15 is 0 Å². The largest absolute Gasteiger partial charge is 0.351 e. The number of rotatable bonds is 7. The molecule has 0 aliphatic rings. The van der Waals surface area contributed by atoms with Crippen LogP contribution in [0.3, 0.4) is 0 Å². The third-order valence-electron chi connectivity index (χ3n) is 5.40. The lowest BCUT2D eigenvalue weighted by atomic mass is 9.96. The number of benzene rings is 1. The molecule has 0 atom stereocenters. The van der Waals surface area contributed by atoms with Crippen LogP contribution in [0, 0.1) is 12.7 Å². The van der Waals surface area contributed by atoms with Crippen molar-refractivity contribution in [3.8, 4) is 22.3 Å². The van der Waals surface area contributed by atoms with Crippen LogP contribution in [-0.4, -0.2) is 52.4 Å². The summed E-state index contributed by atoms with van der Waals surface area (Å²) in [5.41, 5.74) is 4.94. The lowest BCUT2D eigenvalue weighted by molar-refractivity contribution is 0.0946. The molecule has 0 aliphatic carbocycles. The highest BCUT2D eigenvalue weighted by Crippen LogP contribution is 2.34. The molecule has 0 saturated heterocycles. The van der Waals surface area contributed by atoms with Crippen LogP contribution in [0.4, 0.5) is 4.39 Å². The second-order valence-electron chi connectivity index (χ2n) is 8.09. The summed E-state index contributed by atoms with van der Waals surface area (Å²) in [6.45, 7) is 3.22. The maximum absolute atomic E-state index is 14.3. The Bertz CT molecular complexity index is 1250. The number of nitrogens with zero attached hydrogens (tertiary/aromatic N) is 4. The Morgan fingerprint density at radius 3 is 2.69 bits per heavy atom. The van der Waals surface area contributed by atoms with Gasteiger partial charge in [0.2, 0.25) is 0 Å². The number of halogens is 1. The first kappa shape index (κ1) is 21.6. The van der Waals surface area contributed by atoms with E-state index in [4.69, 9.17) is 0 Å². The molecule has 7 heteroatoms. The highest BCUT2D eigenvalue weighted by molar-refractivity contribution is 5.94. The number of aryl methyl sites for hydroxylation is 1. The summed E-state index contributed by atoms with van der Waals surface area (Å²) in [7, 11) is 4.01. The molecule has 0 aliphatic heterocycles. The predicted molar refractivity (Wildman–Crippen MR) is 124 cm³/mol. The van der Waals surface area contributed by atoms with E-state index in [0.717, 1.165) is 35.2 Å². The molecule has 6 nitrogen and oxygen atoms in total. The summed E-state index contributed by atoms with van der Waals surface area (Å²) < 4.78 is 16.1. The molecular weight excluding hydrogens is 405 g/mol. The Kier molecular flexibility index (Phi) is 6.28. The number of aromatic nitrogens is 3. The Morgan fingerprint density at radius 2 is 1.97 bits per heavy atom. The van der Waals surface area contributed by atoms with Crippen molar-refractivity contribution >= 4 is 11.6 Å². The maximum Gasteiger partial charge on any atom is 0.269 e. The first-order valence-corrected chi connectivity index (χ1v) is 10.5. The number of amides is 1. The molecule has 0 radical (unpaired) electrons. The summed E-state index contributed by atoms with van der Waals surface area (Å²) in [5.74, 6) is -0.442. The average molecular weight is 432 g/mol. The first-order valence-electron chi connectivity index (χ1n) is 10.5. The van der Waals surface area contributed by atoms with Gasteiger partial charge in [-0.25, -0.2) is 9.37 Å². The topological polar surface area (TPSA) is 62.5 Å². The normalized spacial score (nSPS) is 11.3. The molecular formula is C25H26FN5O. The van der Waals surface area contributed by atoms with Crippen LogP contribution in [0.1, 0.15) is 22.5 Å². The van der Waals surface area contributed by atoms with E-state index in [1.165, 1.54) is 6.07 Å². The molecule has 0 fully saturated rings. The number of fused-ring (bicyclic) bond motifs is 1. The third kappa shape index (κ3) is 4.53. The number of hydrogen-bond acceptors (Lipinski definition) is 4. The number of hydrogen-bond donors (Lipinski definition) is 1. The van der Waals surface area contributed by atoms with E-state index in [-0.39, 0.29) is 11.7 Å². The zero-order valence-electron chi connectivity index (χ0n) is 18.5. The highest BCUT2D eigenvalue weighted by atomic mass is 19.1. The fraction of sp³-hybridized carbons (Fsp3) is 0.240. The first-order chi connectivity index (χ1) is 15.4. The second-order valence-corrected chi connectivity index (χ2v) is 8.09. The van der Waals surface area contributed by atoms with Gasteiger partial charge in [-0.15, -0.1) is 0 Å². The second kappa shape index (κ2) is 9.28. The van der Waals surface area contributed by atoms with E-state index in [2.05, 4.69) is 20.2 Å². The predicted octanol–water partition coefficient (Wildman–Crippen LogP) is 4.19. The summed E-state index contributed by atoms with van der Waals surface area (Å²) in [6.07, 6.45) is 7.77. The van der Waals surface area contributed by atoms with Gasteiger partial charge in [0.15, 0.2) is 0 Å². The lowest BCUT2D eigenvalue weighted by Gasteiger charge is -2.13. The molecule has 32 heavy (non-hydrogen) atoms. The molecule has 1 N–H and O–H groups in total. The van der Waals surface area contributed by atoms with Crippen LogP contribution < -0.4 is 5.32 Å². The third-order valence-corrected chi connectivity index (χ3v) is 5.40. The smallest absolute Gasteiger partial charge is 0.269 e. The number of carbonyl (C=O) groups is 1. The van der Waals surface area contributed by atoms with Crippen molar-refractivity contribution in [3.05, 3.63) is 78.3 Å². The zero-order chi connectivity index (χ0) is 22.7. The van der Waals surface area contributed by atoms with Crippen LogP contribution in [0.2, 0.25) is 0 Å². The van der Waals surface area contributed by atoms with Gasteiger partial charge in [0.05, 0.1) is 6.20 Å². The average Bonchev–Trinajstić information content (AvgIpc) is 3.21. The van der Waals surface area contributed by atoms with Gasteiger partial charge in [-0.3, -0.25) is 14.2 Å². The van der Waals surface area contributed by atoms with E-state index in [1.54, 1.807) is 36.0 Å². The van der Waals surface area contributed by atoms with Gasteiger partial charge in [-0.05, 0) is 68.9 Å². The van der Waals surface area contributed by atoms with Gasteiger partial charge >= 0.3 is 0 Å². The molecule has 3 aromatic heterocycles. The van der Waals surface area contributed by atoms with Crippen molar-refractivity contribution in [1.82, 2.24) is 24.6 Å². The lowest BCUT2D eigenvalue weighted by Crippen LogP contribution is -2.28. The van der Waals surface area contributed by atoms with E-state index < -0.39 is 0 Å². The molecule has 4 rings (SSSR count). The van der Waals surface area contributed by atoms with Gasteiger partial charge in [-0.2, -0.15) is 0 Å². The monoisotopic (exact) mass is 431 g/mol. The fourth-order valence-electron chi connectivity index (χ4n) is 3.63. The van der Waals surface area contributed by atoms with E-state index in [0.29, 0.717) is 23.4 Å². The minimum Gasteiger partial charge on any atom is -0.351 e. The summed E-state index contributed by atoms with van der Waals surface area (Å²) >= 11 is 0. The Morgan fingerprint density at radius 1 is 1.12 bits per heavy atom. The SMILES string of the molecule is Cc1ccc(-c2cc3ncc(C(=O)NCCCN(C)C)n3cc2-c2cccnc2)cc1F. The summed E-state index contributed by atoms with van der Waals surface area (Å²) in [5, 5.41) is 2.96. The molecule has 1 amide bonds. The van der Waals surface area contributed by atoms with Crippen molar-refractivity contribution in [1.29, 1.82) is 0 Å². The Labute approximate surface area is 186 Å². The van der Waals surface area contributed by atoms with Gasteiger partial charge in [0.25, 0.3) is 5.91 Å². The minimum atomic E-state index is -0.263. The molecule has 164 valence electrons.